The zero-order valence-electron chi connectivity index (χ0n) is 17.0. The maximum absolute atomic E-state index is 12.8. The molecule has 2 rings (SSSR count). The van der Waals surface area contributed by atoms with Crippen molar-refractivity contribution < 1.29 is 22.7 Å². The van der Waals surface area contributed by atoms with E-state index in [0.717, 1.165) is 5.56 Å². The average molecular weight is 411 g/mol. The van der Waals surface area contributed by atoms with Crippen molar-refractivity contribution in [1.82, 2.24) is 9.62 Å². The quantitative estimate of drug-likeness (QED) is 0.696. The first-order valence-corrected chi connectivity index (χ1v) is 11.1. The molecule has 0 aliphatic carbocycles. The lowest BCUT2D eigenvalue weighted by Gasteiger charge is -2.30. The van der Waals surface area contributed by atoms with E-state index in [1.807, 2.05) is 12.1 Å². The first-order valence-electron chi connectivity index (χ1n) is 9.68. The van der Waals surface area contributed by atoms with E-state index in [1.54, 1.807) is 26.0 Å². The van der Waals surface area contributed by atoms with Crippen molar-refractivity contribution in [3.05, 3.63) is 29.8 Å². The highest BCUT2D eigenvalue weighted by Gasteiger charge is 2.32. The fourth-order valence-corrected chi connectivity index (χ4v) is 4.61. The summed E-state index contributed by atoms with van der Waals surface area (Å²) in [5.41, 5.74) is 1.09. The number of hydrogen-bond acceptors (Lipinski definition) is 5. The Morgan fingerprint density at radius 1 is 1.11 bits per heavy atom. The highest BCUT2D eigenvalue weighted by Crippen LogP contribution is 2.25. The van der Waals surface area contributed by atoms with Crippen LogP contribution in [0.2, 0.25) is 0 Å². The number of piperidine rings is 1. The van der Waals surface area contributed by atoms with Gasteiger partial charge in [-0.3, -0.25) is 9.59 Å². The van der Waals surface area contributed by atoms with E-state index in [1.165, 1.54) is 4.31 Å². The van der Waals surface area contributed by atoms with Crippen LogP contribution in [0.5, 0.6) is 0 Å². The number of sulfonamides is 1. The van der Waals surface area contributed by atoms with Crippen LogP contribution in [0, 0.1) is 5.92 Å². The fraction of sp³-hybridized carbons (Fsp3) is 0.600. The van der Waals surface area contributed by atoms with Gasteiger partial charge in [0.05, 0.1) is 11.0 Å². The van der Waals surface area contributed by atoms with Gasteiger partial charge in [0.15, 0.2) is 0 Å². The molecule has 1 aliphatic rings. The van der Waals surface area contributed by atoms with Gasteiger partial charge in [0.2, 0.25) is 15.9 Å². The molecule has 1 N–H and O–H groups in total. The molecule has 0 radical (unpaired) electrons. The van der Waals surface area contributed by atoms with Gasteiger partial charge in [-0.05, 0) is 50.3 Å². The first kappa shape index (κ1) is 22.4. The second-order valence-corrected chi connectivity index (χ2v) is 9.60. The van der Waals surface area contributed by atoms with Crippen LogP contribution in [0.1, 0.15) is 52.0 Å². The average Bonchev–Trinajstić information content (AvgIpc) is 2.65. The van der Waals surface area contributed by atoms with Crippen LogP contribution < -0.4 is 5.32 Å². The van der Waals surface area contributed by atoms with Gasteiger partial charge in [-0.1, -0.05) is 26.0 Å². The Hall–Kier alpha value is -1.93. The summed E-state index contributed by atoms with van der Waals surface area (Å²) in [4.78, 5) is 24.0. The zero-order valence-corrected chi connectivity index (χ0v) is 17.8. The standard InChI is InChI=1S/C20H30N2O5S/c1-14(2)16-5-7-18(8-6-16)28(25,26)22-11-9-17(10-12-22)20(24)21-13-19(23)27-15(3)4/h5-8,14-15,17H,9-13H2,1-4H3,(H,21,24). The summed E-state index contributed by atoms with van der Waals surface area (Å²) < 4.78 is 32.1. The van der Waals surface area contributed by atoms with Gasteiger partial charge in [-0.2, -0.15) is 4.31 Å². The minimum absolute atomic E-state index is 0.169. The molecule has 1 aromatic rings. The van der Waals surface area contributed by atoms with Crippen LogP contribution >= 0.6 is 0 Å². The van der Waals surface area contributed by atoms with Gasteiger partial charge < -0.3 is 10.1 Å². The van der Waals surface area contributed by atoms with Crippen LogP contribution in [-0.2, 0) is 24.3 Å². The molecular formula is C20H30N2O5S. The van der Waals surface area contributed by atoms with Crippen LogP contribution in [0.25, 0.3) is 0 Å². The molecule has 0 spiro atoms. The number of amides is 1. The summed E-state index contributed by atoms with van der Waals surface area (Å²) in [7, 11) is -3.57. The summed E-state index contributed by atoms with van der Waals surface area (Å²) in [5, 5.41) is 2.58. The van der Waals surface area contributed by atoms with Crippen LogP contribution in [-0.4, -0.2) is 50.3 Å². The van der Waals surface area contributed by atoms with Gasteiger partial charge in [0.25, 0.3) is 0 Å². The number of nitrogens with zero attached hydrogens (tertiary/aromatic N) is 1. The van der Waals surface area contributed by atoms with Crippen molar-refractivity contribution in [3.63, 3.8) is 0 Å². The number of esters is 1. The van der Waals surface area contributed by atoms with Crippen molar-refractivity contribution in [2.75, 3.05) is 19.6 Å². The number of ether oxygens (including phenoxy) is 1. The molecule has 0 saturated carbocycles. The van der Waals surface area contributed by atoms with E-state index >= 15 is 0 Å². The van der Waals surface area contributed by atoms with Crippen LogP contribution in [0.4, 0.5) is 0 Å². The summed E-state index contributed by atoms with van der Waals surface area (Å²) in [6.07, 6.45) is 0.621. The largest absolute Gasteiger partial charge is 0.462 e. The fourth-order valence-electron chi connectivity index (χ4n) is 3.14. The third-order valence-electron chi connectivity index (χ3n) is 4.78. The van der Waals surface area contributed by atoms with E-state index in [-0.39, 0.29) is 42.5 Å². The number of benzene rings is 1. The molecule has 7 nitrogen and oxygen atoms in total. The molecule has 0 bridgehead atoms. The highest BCUT2D eigenvalue weighted by molar-refractivity contribution is 7.89. The normalized spacial score (nSPS) is 16.4. The summed E-state index contributed by atoms with van der Waals surface area (Å²) in [5.74, 6) is -0.683. The Morgan fingerprint density at radius 2 is 1.68 bits per heavy atom. The Balaban J connectivity index is 1.90. The van der Waals surface area contributed by atoms with Gasteiger partial charge in [-0.15, -0.1) is 0 Å². The van der Waals surface area contributed by atoms with E-state index in [9.17, 15) is 18.0 Å². The zero-order chi connectivity index (χ0) is 20.9. The Bertz CT molecular complexity index is 779. The molecule has 1 aromatic carbocycles. The molecule has 1 fully saturated rings. The van der Waals surface area contributed by atoms with E-state index in [0.29, 0.717) is 18.8 Å². The monoisotopic (exact) mass is 410 g/mol. The summed E-state index contributed by atoms with van der Waals surface area (Å²) in [6.45, 7) is 7.99. The number of hydrogen-bond donors (Lipinski definition) is 1. The molecule has 0 unspecified atom stereocenters. The second-order valence-electron chi connectivity index (χ2n) is 7.66. The summed E-state index contributed by atoms with van der Waals surface area (Å²) in [6, 6.07) is 6.97. The lowest BCUT2D eigenvalue weighted by molar-refractivity contribution is -0.147. The number of nitrogens with one attached hydrogen (secondary N) is 1. The van der Waals surface area contributed by atoms with Crippen molar-refractivity contribution >= 4 is 21.9 Å². The minimum Gasteiger partial charge on any atom is -0.462 e. The number of carbonyl (C=O) groups is 2. The van der Waals surface area contributed by atoms with Crippen LogP contribution in [0.3, 0.4) is 0 Å². The Morgan fingerprint density at radius 3 is 2.18 bits per heavy atom. The van der Waals surface area contributed by atoms with Gasteiger partial charge >= 0.3 is 5.97 Å². The molecule has 1 amide bonds. The van der Waals surface area contributed by atoms with Gasteiger partial charge in [0, 0.05) is 19.0 Å². The van der Waals surface area contributed by atoms with Crippen molar-refractivity contribution in [2.24, 2.45) is 5.92 Å². The topological polar surface area (TPSA) is 92.8 Å². The SMILES string of the molecule is CC(C)OC(=O)CNC(=O)C1CCN(S(=O)(=O)c2ccc(C(C)C)cc2)CC1. The minimum atomic E-state index is -3.57. The third-order valence-corrected chi connectivity index (χ3v) is 6.70. The molecular weight excluding hydrogens is 380 g/mol. The van der Waals surface area contributed by atoms with Crippen molar-refractivity contribution in [2.45, 2.75) is 57.5 Å². The second kappa shape index (κ2) is 9.52. The highest BCUT2D eigenvalue weighted by atomic mass is 32.2. The van der Waals surface area contributed by atoms with Gasteiger partial charge in [-0.25, -0.2) is 8.42 Å². The predicted molar refractivity (Wildman–Crippen MR) is 106 cm³/mol. The number of carbonyl (C=O) groups excluding carboxylic acids is 2. The molecule has 28 heavy (non-hydrogen) atoms. The molecule has 0 atom stereocenters. The smallest absolute Gasteiger partial charge is 0.325 e. The van der Waals surface area contributed by atoms with E-state index in [2.05, 4.69) is 19.2 Å². The summed E-state index contributed by atoms with van der Waals surface area (Å²) >= 11 is 0. The van der Waals surface area contributed by atoms with Gasteiger partial charge in [0.1, 0.15) is 6.54 Å². The number of rotatable bonds is 7. The van der Waals surface area contributed by atoms with E-state index < -0.39 is 16.0 Å². The molecule has 1 heterocycles. The maximum Gasteiger partial charge on any atom is 0.325 e. The van der Waals surface area contributed by atoms with Crippen LogP contribution in [0.15, 0.2) is 29.2 Å². The Labute approximate surface area is 167 Å². The predicted octanol–water partition coefficient (Wildman–Crippen LogP) is 2.28. The molecule has 1 saturated heterocycles. The molecule has 8 heteroatoms. The lowest BCUT2D eigenvalue weighted by Crippen LogP contribution is -2.44. The van der Waals surface area contributed by atoms with Crippen molar-refractivity contribution in [3.8, 4) is 0 Å². The first-order chi connectivity index (χ1) is 13.1. The maximum atomic E-state index is 12.8. The molecule has 1 aliphatic heterocycles. The third kappa shape index (κ3) is 5.78. The van der Waals surface area contributed by atoms with Crippen molar-refractivity contribution in [1.29, 1.82) is 0 Å². The molecule has 0 aromatic heterocycles. The molecule has 156 valence electrons. The Kier molecular flexibility index (Phi) is 7.60. The van der Waals surface area contributed by atoms with E-state index in [4.69, 9.17) is 4.74 Å². The lowest BCUT2D eigenvalue weighted by atomic mass is 9.97.